The molecule has 1 N–H and O–H groups in total. The fourth-order valence-electron chi connectivity index (χ4n) is 1.10. The Balaban J connectivity index is 0.00000121. The molecule has 3 nitrogen and oxygen atoms in total. The van der Waals surface area contributed by atoms with E-state index in [-0.39, 0.29) is 11.3 Å². The van der Waals surface area contributed by atoms with Crippen LogP contribution in [0.1, 0.15) is 25.3 Å². The van der Waals surface area contributed by atoms with Crippen LogP contribution in [0.25, 0.3) is 0 Å². The second-order valence-corrected chi connectivity index (χ2v) is 3.07. The van der Waals surface area contributed by atoms with Gasteiger partial charge in [-0.25, -0.2) is 8.78 Å². The van der Waals surface area contributed by atoms with Crippen molar-refractivity contribution < 1.29 is 18.6 Å². The van der Waals surface area contributed by atoms with Gasteiger partial charge < -0.3 is 9.84 Å². The maximum Gasteiger partial charge on any atom is 0.147 e. The molecule has 94 valence electrons. The molecule has 0 aliphatic rings. The van der Waals surface area contributed by atoms with E-state index in [2.05, 4.69) is 0 Å². The highest BCUT2D eigenvalue weighted by Crippen LogP contribution is 2.22. The van der Waals surface area contributed by atoms with Crippen LogP contribution >= 0.6 is 0 Å². The van der Waals surface area contributed by atoms with E-state index in [1.165, 1.54) is 0 Å². The summed E-state index contributed by atoms with van der Waals surface area (Å²) in [6.07, 6.45) is 1.70. The Hall–Kier alpha value is -1.67. The first-order chi connectivity index (χ1) is 8.19. The number of benzene rings is 1. The number of rotatable bonds is 4. The molecule has 0 radical (unpaired) electrons. The molecule has 0 bridgehead atoms. The fourth-order valence-corrected chi connectivity index (χ4v) is 1.10. The third-order valence-electron chi connectivity index (χ3n) is 1.89. The summed E-state index contributed by atoms with van der Waals surface area (Å²) in [6, 6.07) is 3.35. The Morgan fingerprint density at radius 1 is 1.35 bits per heavy atom. The molecule has 0 saturated heterocycles. The van der Waals surface area contributed by atoms with E-state index >= 15 is 0 Å². The van der Waals surface area contributed by atoms with E-state index in [0.29, 0.717) is 12.7 Å². The molecule has 0 fully saturated rings. The number of ether oxygens (including phenoxy) is 1. The highest BCUT2D eigenvalue weighted by atomic mass is 19.1. The first kappa shape index (κ1) is 15.3. The molecule has 0 atom stereocenters. The molecule has 0 heterocycles. The lowest BCUT2D eigenvalue weighted by atomic mass is 10.2. The van der Waals surface area contributed by atoms with Crippen molar-refractivity contribution in [1.29, 1.82) is 5.26 Å². The number of halogens is 2. The average molecular weight is 243 g/mol. The van der Waals surface area contributed by atoms with Crippen LogP contribution in [0, 0.1) is 23.0 Å². The third-order valence-corrected chi connectivity index (χ3v) is 1.89. The third kappa shape index (κ3) is 4.79. The Labute approximate surface area is 99.3 Å². The van der Waals surface area contributed by atoms with Crippen LogP contribution in [-0.2, 0) is 0 Å². The van der Waals surface area contributed by atoms with Crippen molar-refractivity contribution in [1.82, 2.24) is 0 Å². The van der Waals surface area contributed by atoms with E-state index < -0.39 is 11.6 Å². The summed E-state index contributed by atoms with van der Waals surface area (Å²) >= 11 is 0. The van der Waals surface area contributed by atoms with E-state index in [1.54, 1.807) is 6.07 Å². The number of aliphatic hydroxyl groups is 1. The minimum absolute atomic E-state index is 0.0246. The highest BCUT2D eigenvalue weighted by molar-refractivity contribution is 5.44. The Kier molecular flexibility index (Phi) is 7.65. The van der Waals surface area contributed by atoms with Gasteiger partial charge in [-0.1, -0.05) is 13.3 Å². The molecule has 0 aromatic heterocycles. The van der Waals surface area contributed by atoms with Gasteiger partial charge in [0.1, 0.15) is 29.0 Å². The zero-order valence-electron chi connectivity index (χ0n) is 9.83. The molecule has 0 saturated carbocycles. The molecule has 0 spiro atoms. The lowest BCUT2D eigenvalue weighted by Gasteiger charge is -2.07. The van der Waals surface area contributed by atoms with Crippen molar-refractivity contribution in [3.05, 3.63) is 29.3 Å². The number of hydrogen-bond donors (Lipinski definition) is 1. The first-order valence-corrected chi connectivity index (χ1v) is 5.15. The van der Waals surface area contributed by atoms with Gasteiger partial charge >= 0.3 is 0 Å². The van der Waals surface area contributed by atoms with Crippen LogP contribution in [0.15, 0.2) is 12.1 Å². The quantitative estimate of drug-likeness (QED) is 0.827. The summed E-state index contributed by atoms with van der Waals surface area (Å²) in [5.41, 5.74) is -0.243. The second-order valence-electron chi connectivity index (χ2n) is 3.07. The number of nitriles is 1. The normalized spacial score (nSPS) is 8.94. The summed E-state index contributed by atoms with van der Waals surface area (Å²) in [6.45, 7) is 2.33. The maximum absolute atomic E-state index is 13.1. The molecule has 0 amide bonds. The van der Waals surface area contributed by atoms with Gasteiger partial charge in [0.2, 0.25) is 0 Å². The molecule has 1 rings (SSSR count). The van der Waals surface area contributed by atoms with E-state index in [4.69, 9.17) is 15.1 Å². The second kappa shape index (κ2) is 8.48. The van der Waals surface area contributed by atoms with Gasteiger partial charge in [0.05, 0.1) is 6.61 Å². The minimum atomic E-state index is -0.885. The van der Waals surface area contributed by atoms with E-state index in [1.807, 2.05) is 6.92 Å². The smallest absolute Gasteiger partial charge is 0.147 e. The standard InChI is InChI=1S/C11H11F2NO.CH4O/c1-2-3-4-15-11-6-8(12)5-10(13)9(11)7-14;1-2/h5-6H,2-4H2,1H3;2H,1H3. The summed E-state index contributed by atoms with van der Waals surface area (Å²) in [5, 5.41) is 15.7. The monoisotopic (exact) mass is 243 g/mol. The molecule has 1 aromatic carbocycles. The predicted molar refractivity (Wildman–Crippen MR) is 59.6 cm³/mol. The number of nitrogens with zero attached hydrogens (tertiary/aromatic N) is 1. The van der Waals surface area contributed by atoms with Crippen molar-refractivity contribution in [3.8, 4) is 11.8 Å². The lowest BCUT2D eigenvalue weighted by molar-refractivity contribution is 0.305. The van der Waals surface area contributed by atoms with Crippen molar-refractivity contribution in [2.24, 2.45) is 0 Å². The van der Waals surface area contributed by atoms with Crippen molar-refractivity contribution in [2.45, 2.75) is 19.8 Å². The first-order valence-electron chi connectivity index (χ1n) is 5.15. The predicted octanol–water partition coefficient (Wildman–Crippen LogP) is 2.62. The van der Waals surface area contributed by atoms with Gasteiger partial charge in [0.15, 0.2) is 0 Å². The van der Waals surface area contributed by atoms with Gasteiger partial charge in [0, 0.05) is 19.2 Å². The van der Waals surface area contributed by atoms with Crippen molar-refractivity contribution in [2.75, 3.05) is 13.7 Å². The van der Waals surface area contributed by atoms with Gasteiger partial charge in [0.25, 0.3) is 0 Å². The van der Waals surface area contributed by atoms with Crippen LogP contribution in [0.2, 0.25) is 0 Å². The van der Waals surface area contributed by atoms with Crippen LogP contribution in [0.5, 0.6) is 5.75 Å². The van der Waals surface area contributed by atoms with E-state index in [9.17, 15) is 8.78 Å². The number of aliphatic hydroxyl groups excluding tert-OH is 1. The van der Waals surface area contributed by atoms with Crippen LogP contribution in [0.3, 0.4) is 0 Å². The summed E-state index contributed by atoms with van der Waals surface area (Å²) in [7, 11) is 1.00. The molecule has 0 aliphatic heterocycles. The Bertz CT molecular complexity index is 389. The highest BCUT2D eigenvalue weighted by Gasteiger charge is 2.11. The van der Waals surface area contributed by atoms with Crippen LogP contribution in [0.4, 0.5) is 8.78 Å². The van der Waals surface area contributed by atoms with Crippen LogP contribution < -0.4 is 4.74 Å². The Morgan fingerprint density at radius 2 is 2.00 bits per heavy atom. The molecular formula is C12H15F2NO2. The summed E-state index contributed by atoms with van der Waals surface area (Å²) < 4.78 is 31.0. The van der Waals surface area contributed by atoms with Gasteiger partial charge in [-0.3, -0.25) is 0 Å². The summed E-state index contributed by atoms with van der Waals surface area (Å²) in [5.74, 6) is -1.65. The topological polar surface area (TPSA) is 53.2 Å². The van der Waals surface area contributed by atoms with Crippen LogP contribution in [-0.4, -0.2) is 18.8 Å². The zero-order chi connectivity index (χ0) is 13.3. The van der Waals surface area contributed by atoms with Gasteiger partial charge in [-0.15, -0.1) is 0 Å². The lowest BCUT2D eigenvalue weighted by Crippen LogP contribution is -2.00. The van der Waals surface area contributed by atoms with Gasteiger partial charge in [-0.2, -0.15) is 5.26 Å². The molecule has 17 heavy (non-hydrogen) atoms. The molecule has 0 unspecified atom stereocenters. The summed E-state index contributed by atoms with van der Waals surface area (Å²) in [4.78, 5) is 0. The fraction of sp³-hybridized carbons (Fsp3) is 0.417. The van der Waals surface area contributed by atoms with Crippen molar-refractivity contribution in [3.63, 3.8) is 0 Å². The largest absolute Gasteiger partial charge is 0.492 e. The average Bonchev–Trinajstić information content (AvgIpc) is 2.31. The molecular weight excluding hydrogens is 228 g/mol. The number of hydrogen-bond acceptors (Lipinski definition) is 3. The van der Waals surface area contributed by atoms with Gasteiger partial charge in [-0.05, 0) is 6.42 Å². The maximum atomic E-state index is 13.1. The Morgan fingerprint density at radius 3 is 2.53 bits per heavy atom. The number of unbranched alkanes of at least 4 members (excludes halogenated alkanes) is 1. The molecule has 0 aliphatic carbocycles. The molecule has 5 heteroatoms. The molecule has 1 aromatic rings. The van der Waals surface area contributed by atoms with E-state index in [0.717, 1.165) is 26.0 Å². The van der Waals surface area contributed by atoms with Crippen molar-refractivity contribution >= 4 is 0 Å². The minimum Gasteiger partial charge on any atom is -0.492 e. The SMILES string of the molecule is CCCCOc1cc(F)cc(F)c1C#N.CO. The zero-order valence-corrected chi connectivity index (χ0v) is 9.83.